The number of hydrogen-bond acceptors (Lipinski definition) is 0. The average Bonchev–Trinajstić information content (AvgIpc) is 1.73. The summed E-state index contributed by atoms with van der Waals surface area (Å²) < 4.78 is 2.49. The molecule has 1 aromatic heterocycles. The van der Waals surface area contributed by atoms with Crippen molar-refractivity contribution in [3.05, 3.63) is 321 Å². The Morgan fingerprint density at radius 2 is 0.535 bits per heavy atom. The zero-order chi connectivity index (χ0) is 57.0. The van der Waals surface area contributed by atoms with Crippen LogP contribution in [0.1, 0.15) is 25.0 Å². The van der Waals surface area contributed by atoms with Crippen molar-refractivity contribution in [1.29, 1.82) is 0 Å². The molecule has 1 aliphatic carbocycles. The van der Waals surface area contributed by atoms with Crippen molar-refractivity contribution in [3.63, 3.8) is 0 Å². The van der Waals surface area contributed by atoms with E-state index in [1.54, 1.807) is 0 Å². The number of aromatic nitrogens is 1. The van der Waals surface area contributed by atoms with Crippen LogP contribution in [-0.2, 0) is 5.41 Å². The summed E-state index contributed by atoms with van der Waals surface area (Å²) in [5, 5.41) is 12.7. The molecule has 0 fully saturated rings. The molecule has 1 nitrogen and oxygen atoms in total. The second-order valence-corrected chi connectivity index (χ2v) is 24.0. The Morgan fingerprint density at radius 1 is 0.209 bits per heavy atom. The first-order valence-electron chi connectivity index (χ1n) is 30.0. The summed E-state index contributed by atoms with van der Waals surface area (Å²) in [6.07, 6.45) is 0. The third-order valence-electron chi connectivity index (χ3n) is 18.8. The zero-order valence-corrected chi connectivity index (χ0v) is 47.9. The number of rotatable bonds is 8. The van der Waals surface area contributed by atoms with Gasteiger partial charge in [-0.2, -0.15) is 0 Å². The molecule has 1 aliphatic rings. The summed E-state index contributed by atoms with van der Waals surface area (Å²) in [7, 11) is 0. The molecule has 0 bridgehead atoms. The minimum Gasteiger partial charge on any atom is -0.309 e. The lowest BCUT2D eigenvalue weighted by molar-refractivity contribution is 0.660. The van der Waals surface area contributed by atoms with E-state index in [9.17, 15) is 0 Å². The van der Waals surface area contributed by atoms with Gasteiger partial charge in [-0.05, 0) is 198 Å². The van der Waals surface area contributed by atoms with Crippen LogP contribution in [0.25, 0.3) is 160 Å². The minimum absolute atomic E-state index is 0.189. The second-order valence-electron chi connectivity index (χ2n) is 24.0. The first-order valence-corrected chi connectivity index (χ1v) is 30.0. The van der Waals surface area contributed by atoms with Crippen molar-refractivity contribution in [2.45, 2.75) is 19.3 Å². The van der Waals surface area contributed by atoms with Crippen LogP contribution >= 0.6 is 0 Å². The number of benzene rings is 15. The highest BCUT2D eigenvalue weighted by Gasteiger charge is 2.36. The van der Waals surface area contributed by atoms with Crippen LogP contribution in [0.3, 0.4) is 0 Å². The van der Waals surface area contributed by atoms with E-state index in [-0.39, 0.29) is 5.41 Å². The molecular formula is C85H57N. The molecule has 0 unspecified atom stereocenters. The lowest BCUT2D eigenvalue weighted by Crippen LogP contribution is -2.15. The van der Waals surface area contributed by atoms with Crippen molar-refractivity contribution >= 4 is 64.9 Å². The highest BCUT2D eigenvalue weighted by Crippen LogP contribution is 2.51. The van der Waals surface area contributed by atoms with Gasteiger partial charge in [-0.25, -0.2) is 0 Å². The molecule has 0 aliphatic heterocycles. The van der Waals surface area contributed by atoms with Gasteiger partial charge in [0.05, 0.1) is 11.0 Å². The molecule has 0 spiro atoms. The second kappa shape index (κ2) is 19.6. The first kappa shape index (κ1) is 49.7. The van der Waals surface area contributed by atoms with Crippen LogP contribution in [0.15, 0.2) is 309 Å². The molecule has 15 aromatic carbocycles. The van der Waals surface area contributed by atoms with Crippen LogP contribution in [0, 0.1) is 0 Å². The van der Waals surface area contributed by atoms with Crippen LogP contribution in [0.5, 0.6) is 0 Å². The fraction of sp³-hybridized carbons (Fsp3) is 0.0353. The molecular weight excluding hydrogens is 1030 g/mol. The van der Waals surface area contributed by atoms with E-state index < -0.39 is 0 Å². The third-order valence-corrected chi connectivity index (χ3v) is 18.8. The van der Waals surface area contributed by atoms with Gasteiger partial charge in [-0.15, -0.1) is 0 Å². The maximum atomic E-state index is 2.49. The Balaban J connectivity index is 0.725. The SMILES string of the molecule is CC1(C)c2cc(-c3ccccc3)ccc2-c2ccc(-n3c4ccc(-c5ccc(-c6ccc(-c7cc8ccccc8c8ccccc78)cc6)cc5)cc4c4cc(-c5ccc(-c6ccc(-c7cc8ccccc8c8ccccc78)cc6)cc5)ccc43)cc21. The van der Waals surface area contributed by atoms with Crippen LogP contribution in [-0.4, -0.2) is 4.57 Å². The molecule has 402 valence electrons. The summed E-state index contributed by atoms with van der Waals surface area (Å²) in [6, 6.07) is 115. The summed E-state index contributed by atoms with van der Waals surface area (Å²) in [5.74, 6) is 0. The van der Waals surface area contributed by atoms with E-state index in [0.29, 0.717) is 0 Å². The van der Waals surface area contributed by atoms with Crippen LogP contribution in [0.2, 0.25) is 0 Å². The number of nitrogens with zero attached hydrogens (tertiary/aromatic N) is 1. The topological polar surface area (TPSA) is 4.93 Å². The Labute approximate surface area is 501 Å². The predicted molar refractivity (Wildman–Crippen MR) is 366 cm³/mol. The van der Waals surface area contributed by atoms with E-state index in [1.807, 2.05) is 0 Å². The van der Waals surface area contributed by atoms with Gasteiger partial charge in [0.2, 0.25) is 0 Å². The number of hydrogen-bond donors (Lipinski definition) is 0. The average molecular weight is 1090 g/mol. The summed E-state index contributed by atoms with van der Waals surface area (Å²) >= 11 is 0. The van der Waals surface area contributed by atoms with Crippen LogP contribution < -0.4 is 0 Å². The standard InChI is InChI=1S/C85H57N/c1-85(2)81-52-65(54-14-4-3-5-15-54)40-44-75(81)76-45-43-68(53-82(76)85)86-83-46-41-63(59-28-24-55(25-29-59)57-32-36-61(37-33-57)77-50-66-16-6-8-18-69(66)71-20-10-12-22-73(71)77)48-79(83)80-49-64(42-47-84(80)86)60-30-26-56(27-31-60)58-34-38-62(39-35-58)78-51-67-17-7-9-19-70(67)72-21-11-13-23-74(72)78/h3-53H,1-2H3. The lowest BCUT2D eigenvalue weighted by Gasteiger charge is -2.23. The zero-order valence-electron chi connectivity index (χ0n) is 47.9. The van der Waals surface area contributed by atoms with E-state index in [2.05, 4.69) is 328 Å². The van der Waals surface area contributed by atoms with Gasteiger partial charge >= 0.3 is 0 Å². The molecule has 0 radical (unpaired) electrons. The van der Waals surface area contributed by atoms with Gasteiger partial charge in [0.15, 0.2) is 0 Å². The monoisotopic (exact) mass is 1090 g/mol. The quantitative estimate of drug-likeness (QED) is 0.134. The molecule has 0 saturated carbocycles. The van der Waals surface area contributed by atoms with E-state index in [4.69, 9.17) is 0 Å². The molecule has 0 amide bonds. The van der Waals surface area contributed by atoms with Crippen molar-refractivity contribution in [2.24, 2.45) is 0 Å². The highest BCUT2D eigenvalue weighted by atomic mass is 15.0. The lowest BCUT2D eigenvalue weighted by atomic mass is 9.81. The Bertz CT molecular complexity index is 5110. The van der Waals surface area contributed by atoms with Gasteiger partial charge in [0.1, 0.15) is 0 Å². The first-order chi connectivity index (χ1) is 42.4. The van der Waals surface area contributed by atoms with Crippen molar-refractivity contribution in [1.82, 2.24) is 4.57 Å². The van der Waals surface area contributed by atoms with Gasteiger partial charge in [0, 0.05) is 21.9 Å². The summed E-state index contributed by atoms with van der Waals surface area (Å²) in [6.45, 7) is 4.78. The van der Waals surface area contributed by atoms with Crippen molar-refractivity contribution in [2.75, 3.05) is 0 Å². The van der Waals surface area contributed by atoms with Gasteiger partial charge in [-0.1, -0.05) is 269 Å². The molecule has 1 heterocycles. The van der Waals surface area contributed by atoms with Gasteiger partial charge in [0.25, 0.3) is 0 Å². The fourth-order valence-electron chi connectivity index (χ4n) is 14.3. The molecule has 0 saturated heterocycles. The smallest absolute Gasteiger partial charge is 0.0541 e. The normalized spacial score (nSPS) is 12.6. The largest absolute Gasteiger partial charge is 0.309 e. The molecule has 86 heavy (non-hydrogen) atoms. The van der Waals surface area contributed by atoms with E-state index in [0.717, 1.165) is 0 Å². The maximum Gasteiger partial charge on any atom is 0.0541 e. The van der Waals surface area contributed by atoms with Crippen molar-refractivity contribution in [3.8, 4) is 94.7 Å². The Kier molecular flexibility index (Phi) is 11.3. The molecule has 0 atom stereocenters. The molecule has 16 aromatic rings. The predicted octanol–water partition coefficient (Wildman–Crippen LogP) is 23.4. The summed E-state index contributed by atoms with van der Waals surface area (Å²) in [5.41, 5.74) is 25.7. The van der Waals surface area contributed by atoms with Gasteiger partial charge < -0.3 is 4.57 Å². The minimum atomic E-state index is -0.189. The molecule has 1 heteroatoms. The van der Waals surface area contributed by atoms with Gasteiger partial charge in [-0.3, -0.25) is 0 Å². The number of fused-ring (bicyclic) bond motifs is 12. The third kappa shape index (κ3) is 8.07. The van der Waals surface area contributed by atoms with E-state index >= 15 is 0 Å². The maximum absolute atomic E-state index is 2.49. The fourth-order valence-corrected chi connectivity index (χ4v) is 14.3. The van der Waals surface area contributed by atoms with E-state index in [1.165, 1.54) is 171 Å². The molecule has 0 N–H and O–H groups in total. The highest BCUT2D eigenvalue weighted by molar-refractivity contribution is 6.16. The van der Waals surface area contributed by atoms with Crippen LogP contribution in [0.4, 0.5) is 0 Å². The summed E-state index contributed by atoms with van der Waals surface area (Å²) in [4.78, 5) is 0. The van der Waals surface area contributed by atoms with Crippen molar-refractivity contribution < 1.29 is 0 Å². The Hall–Kier alpha value is -10.9. The Morgan fingerprint density at radius 3 is 1.00 bits per heavy atom. The molecule has 17 rings (SSSR count).